The highest BCUT2D eigenvalue weighted by molar-refractivity contribution is 6.00. The normalized spacial score (nSPS) is 16.9. The molecule has 0 unspecified atom stereocenters. The number of carbonyl (C=O) groups is 1. The fourth-order valence-corrected chi connectivity index (χ4v) is 3.94. The molecule has 2 heterocycles. The molecule has 3 aromatic rings. The number of rotatable bonds is 4. The van der Waals surface area contributed by atoms with Crippen molar-refractivity contribution < 1.29 is 9.32 Å². The third-order valence-corrected chi connectivity index (χ3v) is 5.45. The van der Waals surface area contributed by atoms with Crippen molar-refractivity contribution in [2.75, 3.05) is 6.54 Å². The number of nitrogens with zero attached hydrogens (tertiary/aromatic N) is 3. The molecule has 1 saturated heterocycles. The van der Waals surface area contributed by atoms with E-state index < -0.39 is 0 Å². The second-order valence-electron chi connectivity index (χ2n) is 7.39. The number of hydrogen-bond acceptors (Lipinski definition) is 4. The van der Waals surface area contributed by atoms with Crippen molar-refractivity contribution in [3.8, 4) is 22.8 Å². The molecule has 1 aliphatic heterocycles. The van der Waals surface area contributed by atoms with Crippen molar-refractivity contribution in [2.24, 2.45) is 0 Å². The highest BCUT2D eigenvalue weighted by atomic mass is 16.5. The van der Waals surface area contributed by atoms with Crippen molar-refractivity contribution in [2.45, 2.75) is 45.6 Å². The summed E-state index contributed by atoms with van der Waals surface area (Å²) in [6.45, 7) is 4.99. The zero-order chi connectivity index (χ0) is 19.5. The predicted molar refractivity (Wildman–Crippen MR) is 109 cm³/mol. The van der Waals surface area contributed by atoms with Crippen LogP contribution in [0.2, 0.25) is 0 Å². The van der Waals surface area contributed by atoms with E-state index in [2.05, 4.69) is 17.1 Å². The lowest BCUT2D eigenvalue weighted by molar-refractivity contribution is 0.0608. The summed E-state index contributed by atoms with van der Waals surface area (Å²) in [6, 6.07) is 15.8. The van der Waals surface area contributed by atoms with Gasteiger partial charge in [-0.2, -0.15) is 4.98 Å². The van der Waals surface area contributed by atoms with E-state index >= 15 is 0 Å². The van der Waals surface area contributed by atoms with Crippen LogP contribution in [0.15, 0.2) is 53.1 Å². The average Bonchev–Trinajstić information content (AvgIpc) is 3.23. The zero-order valence-corrected chi connectivity index (χ0v) is 16.4. The van der Waals surface area contributed by atoms with Gasteiger partial charge in [0.05, 0.1) is 11.1 Å². The van der Waals surface area contributed by atoms with E-state index in [1.165, 1.54) is 6.42 Å². The minimum atomic E-state index is 0.0532. The Bertz CT molecular complexity index is 979. The summed E-state index contributed by atoms with van der Waals surface area (Å²) < 4.78 is 5.54. The Morgan fingerprint density at radius 1 is 1.18 bits per heavy atom. The lowest BCUT2D eigenvalue weighted by atomic mass is 9.97. The first kappa shape index (κ1) is 18.4. The summed E-state index contributed by atoms with van der Waals surface area (Å²) in [6.07, 6.45) is 4.30. The molecule has 0 saturated carbocycles. The predicted octanol–water partition coefficient (Wildman–Crippen LogP) is 5.12. The molecule has 1 aromatic heterocycles. The lowest BCUT2D eigenvalue weighted by Gasteiger charge is -2.35. The quantitative estimate of drug-likeness (QED) is 0.635. The third kappa shape index (κ3) is 3.57. The number of carbonyl (C=O) groups excluding carboxylic acids is 1. The molecule has 0 aliphatic carbocycles. The number of hydrogen-bond donors (Lipinski definition) is 0. The summed E-state index contributed by atoms with van der Waals surface area (Å²) in [5, 5.41) is 4.14. The maximum Gasteiger partial charge on any atom is 0.259 e. The Morgan fingerprint density at radius 2 is 2.04 bits per heavy atom. The van der Waals surface area contributed by atoms with Crippen LogP contribution in [0.1, 0.15) is 48.5 Å². The number of aromatic nitrogens is 2. The Hall–Kier alpha value is -2.95. The van der Waals surface area contributed by atoms with Crippen LogP contribution in [0.25, 0.3) is 22.8 Å². The molecular weight excluding hydrogens is 350 g/mol. The molecular formula is C23H25N3O2. The van der Waals surface area contributed by atoms with Gasteiger partial charge in [0.25, 0.3) is 11.8 Å². The molecule has 4 rings (SSSR count). The summed E-state index contributed by atoms with van der Waals surface area (Å²) in [5.74, 6) is 0.966. The standard InChI is InChI=1S/C23H25N3O2/c1-3-18-11-6-7-14-26(18)23(27)20-13-5-4-12-19(20)22-24-21(25-28-22)17-10-8-9-16(2)15-17/h4-5,8-10,12-13,15,18H,3,6-7,11,14H2,1-2H3/t18-/m1/s1. The van der Waals surface area contributed by atoms with Crippen molar-refractivity contribution in [1.82, 2.24) is 15.0 Å². The Kier molecular flexibility index (Phi) is 5.24. The van der Waals surface area contributed by atoms with Crippen LogP contribution < -0.4 is 0 Å². The molecule has 28 heavy (non-hydrogen) atoms. The third-order valence-electron chi connectivity index (χ3n) is 5.45. The van der Waals surface area contributed by atoms with Gasteiger partial charge in [0.2, 0.25) is 5.82 Å². The van der Waals surface area contributed by atoms with Gasteiger partial charge in [0.15, 0.2) is 0 Å². The fraction of sp³-hybridized carbons (Fsp3) is 0.348. The molecule has 0 spiro atoms. The van der Waals surface area contributed by atoms with Crippen LogP contribution in [0.4, 0.5) is 0 Å². The van der Waals surface area contributed by atoms with Crippen LogP contribution in [-0.4, -0.2) is 33.5 Å². The number of piperidine rings is 1. The topological polar surface area (TPSA) is 59.2 Å². The molecule has 1 atom stereocenters. The number of benzene rings is 2. The molecule has 5 nitrogen and oxygen atoms in total. The first-order valence-corrected chi connectivity index (χ1v) is 9.98. The van der Waals surface area contributed by atoms with Crippen molar-refractivity contribution in [3.05, 3.63) is 59.7 Å². The van der Waals surface area contributed by atoms with E-state index in [0.29, 0.717) is 28.9 Å². The van der Waals surface area contributed by atoms with Gasteiger partial charge < -0.3 is 9.42 Å². The summed E-state index contributed by atoms with van der Waals surface area (Å²) in [7, 11) is 0. The largest absolute Gasteiger partial charge is 0.336 e. The van der Waals surface area contributed by atoms with Crippen LogP contribution in [-0.2, 0) is 0 Å². The monoisotopic (exact) mass is 375 g/mol. The Balaban J connectivity index is 1.68. The summed E-state index contributed by atoms with van der Waals surface area (Å²) in [5.41, 5.74) is 3.36. The van der Waals surface area contributed by atoms with E-state index in [0.717, 1.165) is 36.9 Å². The van der Waals surface area contributed by atoms with Gasteiger partial charge in [-0.3, -0.25) is 4.79 Å². The molecule has 0 bridgehead atoms. The highest BCUT2D eigenvalue weighted by Gasteiger charge is 2.28. The van der Waals surface area contributed by atoms with Gasteiger partial charge in [0.1, 0.15) is 0 Å². The molecule has 5 heteroatoms. The molecule has 0 N–H and O–H groups in total. The minimum Gasteiger partial charge on any atom is -0.336 e. The number of aryl methyl sites for hydroxylation is 1. The first-order chi connectivity index (χ1) is 13.7. The maximum atomic E-state index is 13.3. The molecule has 144 valence electrons. The Labute approximate surface area is 165 Å². The van der Waals surface area contributed by atoms with Crippen LogP contribution in [0.3, 0.4) is 0 Å². The SMILES string of the molecule is CC[C@@H]1CCCCN1C(=O)c1ccccc1-c1nc(-c2cccc(C)c2)no1. The van der Waals surface area contributed by atoms with E-state index in [9.17, 15) is 4.79 Å². The second-order valence-corrected chi connectivity index (χ2v) is 7.39. The van der Waals surface area contributed by atoms with Crippen LogP contribution in [0.5, 0.6) is 0 Å². The molecule has 1 amide bonds. The Morgan fingerprint density at radius 3 is 2.86 bits per heavy atom. The van der Waals surface area contributed by atoms with Gasteiger partial charge in [-0.05, 0) is 50.8 Å². The minimum absolute atomic E-state index is 0.0532. The fourth-order valence-electron chi connectivity index (χ4n) is 3.94. The number of likely N-dealkylation sites (tertiary alicyclic amines) is 1. The van der Waals surface area contributed by atoms with Crippen molar-refractivity contribution in [3.63, 3.8) is 0 Å². The maximum absolute atomic E-state index is 13.3. The number of amides is 1. The van der Waals surface area contributed by atoms with Gasteiger partial charge in [0, 0.05) is 18.2 Å². The molecule has 2 aromatic carbocycles. The summed E-state index contributed by atoms with van der Waals surface area (Å²) >= 11 is 0. The first-order valence-electron chi connectivity index (χ1n) is 9.98. The van der Waals surface area contributed by atoms with Gasteiger partial charge in [-0.1, -0.05) is 48.0 Å². The van der Waals surface area contributed by atoms with E-state index in [1.807, 2.05) is 60.4 Å². The van der Waals surface area contributed by atoms with E-state index in [4.69, 9.17) is 4.52 Å². The highest BCUT2D eigenvalue weighted by Crippen LogP contribution is 2.29. The molecule has 1 fully saturated rings. The van der Waals surface area contributed by atoms with Crippen LogP contribution in [0, 0.1) is 6.92 Å². The lowest BCUT2D eigenvalue weighted by Crippen LogP contribution is -2.43. The second kappa shape index (κ2) is 7.97. The average molecular weight is 375 g/mol. The van der Waals surface area contributed by atoms with Crippen molar-refractivity contribution in [1.29, 1.82) is 0 Å². The molecule has 0 radical (unpaired) electrons. The van der Waals surface area contributed by atoms with Crippen LogP contribution >= 0.6 is 0 Å². The zero-order valence-electron chi connectivity index (χ0n) is 16.4. The van der Waals surface area contributed by atoms with E-state index in [-0.39, 0.29) is 5.91 Å². The van der Waals surface area contributed by atoms with Gasteiger partial charge in [-0.15, -0.1) is 0 Å². The molecule has 1 aliphatic rings. The smallest absolute Gasteiger partial charge is 0.259 e. The van der Waals surface area contributed by atoms with Gasteiger partial charge in [-0.25, -0.2) is 0 Å². The summed E-state index contributed by atoms with van der Waals surface area (Å²) in [4.78, 5) is 19.9. The van der Waals surface area contributed by atoms with Crippen molar-refractivity contribution >= 4 is 5.91 Å². The van der Waals surface area contributed by atoms with Gasteiger partial charge >= 0.3 is 0 Å². The van der Waals surface area contributed by atoms with E-state index in [1.54, 1.807) is 0 Å².